The Morgan fingerprint density at radius 3 is 2.09 bits per heavy atom. The van der Waals surface area contributed by atoms with E-state index in [1.165, 1.54) is 0 Å². The van der Waals surface area contributed by atoms with E-state index < -0.39 is 29.9 Å². The normalized spacial score (nSPS) is 19.7. The van der Waals surface area contributed by atoms with E-state index in [2.05, 4.69) is 0 Å². The van der Waals surface area contributed by atoms with E-state index in [-0.39, 0.29) is 0 Å². The molecule has 1 aromatic rings. The van der Waals surface area contributed by atoms with Gasteiger partial charge in [-0.3, -0.25) is 0 Å². The Balaban J connectivity index is 2.30. The highest BCUT2D eigenvalue weighted by molar-refractivity contribution is 6.62. The number of carbonyl (C=O) groups excluding carboxylic acids is 1. The molecule has 2 rings (SSSR count). The third kappa shape index (κ3) is 3.87. The zero-order valence-electron chi connectivity index (χ0n) is 15.0. The van der Waals surface area contributed by atoms with Crippen molar-refractivity contribution < 1.29 is 18.8 Å². The first-order valence-electron chi connectivity index (χ1n) is 7.80. The van der Waals surface area contributed by atoms with Crippen LogP contribution in [0.2, 0.25) is 0 Å². The van der Waals surface area contributed by atoms with Crippen LogP contribution in [-0.4, -0.2) is 29.9 Å². The minimum atomic E-state index is -0.565. The van der Waals surface area contributed by atoms with Gasteiger partial charge in [0.1, 0.15) is 5.60 Å². The van der Waals surface area contributed by atoms with Crippen molar-refractivity contribution in [3.8, 4) is 0 Å². The molecule has 0 saturated carbocycles. The van der Waals surface area contributed by atoms with Crippen LogP contribution in [0.25, 0.3) is 0 Å². The van der Waals surface area contributed by atoms with E-state index in [9.17, 15) is 4.79 Å². The molecule has 23 heavy (non-hydrogen) atoms. The van der Waals surface area contributed by atoms with E-state index in [0.29, 0.717) is 16.7 Å². The molecule has 0 aromatic heterocycles. The fourth-order valence-electron chi connectivity index (χ4n) is 2.25. The van der Waals surface area contributed by atoms with Gasteiger partial charge in [0.15, 0.2) is 0 Å². The van der Waals surface area contributed by atoms with E-state index in [0.717, 1.165) is 0 Å². The Morgan fingerprint density at radius 2 is 1.61 bits per heavy atom. The van der Waals surface area contributed by atoms with Gasteiger partial charge in [-0.15, -0.1) is 0 Å². The zero-order chi connectivity index (χ0) is 17.6. The number of carbonyl (C=O) groups is 1. The number of benzene rings is 1. The predicted molar refractivity (Wildman–Crippen MR) is 91.7 cm³/mol. The lowest BCUT2D eigenvalue weighted by Crippen LogP contribution is -2.41. The van der Waals surface area contributed by atoms with Crippen molar-refractivity contribution in [1.82, 2.24) is 0 Å². The Hall–Kier alpha value is -1.53. The van der Waals surface area contributed by atoms with Gasteiger partial charge in [0.05, 0.1) is 16.8 Å². The van der Waals surface area contributed by atoms with Gasteiger partial charge in [0, 0.05) is 5.69 Å². The van der Waals surface area contributed by atoms with Gasteiger partial charge in [-0.2, -0.15) is 0 Å². The number of ether oxygens (including phenoxy) is 1. The summed E-state index contributed by atoms with van der Waals surface area (Å²) in [5, 5.41) is 0. The van der Waals surface area contributed by atoms with Crippen LogP contribution in [0.5, 0.6) is 0 Å². The summed E-state index contributed by atoms with van der Waals surface area (Å²) in [6, 6.07) is 5.07. The maximum Gasteiger partial charge on any atom is 0.494 e. The predicted octanol–water partition coefficient (Wildman–Crippen LogP) is 2.52. The molecule has 0 aliphatic carbocycles. The zero-order valence-corrected chi connectivity index (χ0v) is 15.0. The highest BCUT2D eigenvalue weighted by atomic mass is 16.7. The molecular weight excluding hydrogens is 293 g/mol. The minimum Gasteiger partial charge on any atom is -0.456 e. The van der Waals surface area contributed by atoms with Gasteiger partial charge in [-0.1, -0.05) is 0 Å². The molecule has 1 aromatic carbocycles. The maximum atomic E-state index is 12.3. The summed E-state index contributed by atoms with van der Waals surface area (Å²) in [7, 11) is -0.565. The average Bonchev–Trinajstić information content (AvgIpc) is 2.55. The molecule has 0 amide bonds. The Kier molecular flexibility index (Phi) is 4.28. The molecule has 6 heteroatoms. The Bertz CT molecular complexity index is 604. The number of rotatable bonds is 2. The number of hydrogen-bond acceptors (Lipinski definition) is 5. The molecule has 1 heterocycles. The fourth-order valence-corrected chi connectivity index (χ4v) is 2.25. The smallest absolute Gasteiger partial charge is 0.456 e. The van der Waals surface area contributed by atoms with Crippen LogP contribution in [0.1, 0.15) is 58.8 Å². The molecule has 0 spiro atoms. The summed E-state index contributed by atoms with van der Waals surface area (Å²) in [6.07, 6.45) is 0. The second kappa shape index (κ2) is 5.53. The summed E-state index contributed by atoms with van der Waals surface area (Å²) in [5.41, 5.74) is 6.06. The van der Waals surface area contributed by atoms with Crippen LogP contribution in [0, 0.1) is 0 Å². The first-order chi connectivity index (χ1) is 10.3. The lowest BCUT2D eigenvalue weighted by molar-refractivity contribution is 0.00578. The third-order valence-corrected chi connectivity index (χ3v) is 4.14. The SMILES string of the molecule is CC(C)(C)OC(=O)c1cc(N)cc(B2OC(C)(C)C(C)(C)O2)c1. The third-order valence-electron chi connectivity index (χ3n) is 4.14. The number of esters is 1. The highest BCUT2D eigenvalue weighted by Crippen LogP contribution is 2.36. The van der Waals surface area contributed by atoms with Crippen molar-refractivity contribution >= 4 is 24.2 Å². The molecule has 0 radical (unpaired) electrons. The van der Waals surface area contributed by atoms with Gasteiger partial charge < -0.3 is 19.8 Å². The number of nitrogen functional groups attached to an aromatic ring is 1. The number of hydrogen-bond donors (Lipinski definition) is 1. The summed E-state index contributed by atoms with van der Waals surface area (Å²) in [6.45, 7) is 13.4. The Morgan fingerprint density at radius 1 is 1.09 bits per heavy atom. The van der Waals surface area contributed by atoms with Crippen LogP contribution >= 0.6 is 0 Å². The molecule has 0 atom stereocenters. The summed E-state index contributed by atoms with van der Waals surface area (Å²) in [5.74, 6) is -0.414. The van der Waals surface area contributed by atoms with Crippen LogP contribution in [0.4, 0.5) is 5.69 Å². The first-order valence-corrected chi connectivity index (χ1v) is 7.80. The highest BCUT2D eigenvalue weighted by Gasteiger charge is 2.51. The van der Waals surface area contributed by atoms with Crippen LogP contribution < -0.4 is 11.2 Å². The molecule has 1 fully saturated rings. The number of anilines is 1. The second-order valence-electron chi connectivity index (χ2n) is 7.98. The summed E-state index contributed by atoms with van der Waals surface area (Å²) >= 11 is 0. The monoisotopic (exact) mass is 319 g/mol. The maximum absolute atomic E-state index is 12.3. The molecule has 0 bridgehead atoms. The van der Waals surface area contributed by atoms with Gasteiger partial charge >= 0.3 is 13.1 Å². The minimum absolute atomic E-state index is 0.393. The Labute approximate surface area is 138 Å². The van der Waals surface area contributed by atoms with Crippen molar-refractivity contribution in [1.29, 1.82) is 0 Å². The number of nitrogens with two attached hydrogens (primary N) is 1. The lowest BCUT2D eigenvalue weighted by atomic mass is 9.78. The fraction of sp³-hybridized carbons (Fsp3) is 0.588. The van der Waals surface area contributed by atoms with Gasteiger partial charge in [0.2, 0.25) is 0 Å². The van der Waals surface area contributed by atoms with Crippen LogP contribution in [-0.2, 0) is 14.0 Å². The van der Waals surface area contributed by atoms with Gasteiger partial charge in [0.25, 0.3) is 0 Å². The molecular formula is C17H26BNO4. The molecule has 1 saturated heterocycles. The second-order valence-corrected chi connectivity index (χ2v) is 7.98. The topological polar surface area (TPSA) is 70.8 Å². The molecule has 126 valence electrons. The van der Waals surface area contributed by atoms with Crippen molar-refractivity contribution in [2.45, 2.75) is 65.3 Å². The standard InChI is InChI=1S/C17H26BNO4/c1-15(2,3)21-14(20)11-8-12(10-13(19)9-11)18-22-16(4,5)17(6,7)23-18/h8-10H,19H2,1-7H3. The van der Waals surface area contributed by atoms with Gasteiger partial charge in [-0.05, 0) is 72.1 Å². The van der Waals surface area contributed by atoms with E-state index in [1.54, 1.807) is 18.2 Å². The van der Waals surface area contributed by atoms with E-state index >= 15 is 0 Å². The van der Waals surface area contributed by atoms with Crippen LogP contribution in [0.3, 0.4) is 0 Å². The molecule has 1 aliphatic heterocycles. The summed E-state index contributed by atoms with van der Waals surface area (Å²) in [4.78, 5) is 12.3. The molecule has 5 nitrogen and oxygen atoms in total. The largest absolute Gasteiger partial charge is 0.494 e. The van der Waals surface area contributed by atoms with Crippen molar-refractivity contribution in [2.75, 3.05) is 5.73 Å². The van der Waals surface area contributed by atoms with Crippen LogP contribution in [0.15, 0.2) is 18.2 Å². The van der Waals surface area contributed by atoms with Gasteiger partial charge in [-0.25, -0.2) is 4.79 Å². The average molecular weight is 319 g/mol. The molecule has 2 N–H and O–H groups in total. The van der Waals surface area contributed by atoms with Crippen molar-refractivity contribution in [3.63, 3.8) is 0 Å². The first kappa shape index (κ1) is 17.8. The lowest BCUT2D eigenvalue weighted by Gasteiger charge is -2.32. The van der Waals surface area contributed by atoms with E-state index in [4.69, 9.17) is 19.8 Å². The van der Waals surface area contributed by atoms with Crippen molar-refractivity contribution in [3.05, 3.63) is 23.8 Å². The molecule has 0 unspecified atom stereocenters. The quantitative estimate of drug-likeness (QED) is 0.515. The molecule has 1 aliphatic rings. The van der Waals surface area contributed by atoms with Crippen molar-refractivity contribution in [2.24, 2.45) is 0 Å². The van der Waals surface area contributed by atoms with E-state index in [1.807, 2.05) is 48.5 Å². The summed E-state index contributed by atoms with van der Waals surface area (Å²) < 4.78 is 17.4.